The van der Waals surface area contributed by atoms with E-state index in [-0.39, 0.29) is 16.8 Å². The van der Waals surface area contributed by atoms with Gasteiger partial charge in [-0.05, 0) is 36.8 Å². The largest absolute Gasteiger partial charge is 0.356 e. The van der Waals surface area contributed by atoms with E-state index < -0.39 is 18.7 Å². The van der Waals surface area contributed by atoms with Crippen molar-refractivity contribution in [3.05, 3.63) is 40.8 Å². The minimum absolute atomic E-state index is 0.0546. The van der Waals surface area contributed by atoms with Gasteiger partial charge in [-0.25, -0.2) is 17.9 Å². The van der Waals surface area contributed by atoms with Gasteiger partial charge >= 0.3 is 0 Å². The third kappa shape index (κ3) is 2.87. The van der Waals surface area contributed by atoms with Gasteiger partial charge < -0.3 is 4.74 Å². The van der Waals surface area contributed by atoms with Crippen molar-refractivity contribution in [1.82, 2.24) is 9.78 Å². The van der Waals surface area contributed by atoms with E-state index in [9.17, 15) is 13.2 Å². The zero-order valence-electron chi connectivity index (χ0n) is 13.3. The normalized spacial score (nSPS) is 18.5. The zero-order valence-corrected chi connectivity index (χ0v) is 14.1. The summed E-state index contributed by atoms with van der Waals surface area (Å²) in [6.07, 6.45) is 1.03. The predicted octanol–water partition coefficient (Wildman–Crippen LogP) is 5.49. The highest BCUT2D eigenvalue weighted by atomic mass is 35.5. The lowest BCUT2D eigenvalue weighted by molar-refractivity contribution is -0.0366. The smallest absolute Gasteiger partial charge is 0.242 e. The first-order chi connectivity index (χ1) is 12.1. The highest BCUT2D eigenvalue weighted by molar-refractivity contribution is 6.41. The van der Waals surface area contributed by atoms with E-state index in [2.05, 4.69) is 5.10 Å². The van der Waals surface area contributed by atoms with Crippen LogP contribution < -0.4 is 0 Å². The van der Waals surface area contributed by atoms with Crippen molar-refractivity contribution in [2.24, 2.45) is 0 Å². The molecule has 2 heterocycles. The van der Waals surface area contributed by atoms with Crippen LogP contribution in [0.2, 0.25) is 5.02 Å². The molecule has 0 aliphatic carbocycles. The monoisotopic (exact) mass is 368 g/mol. The number of ether oxygens (including phenoxy) is 1. The molecule has 3 aromatic rings. The molecule has 0 spiro atoms. The number of nitrogens with zero attached hydrogens (tertiary/aromatic N) is 2. The average Bonchev–Trinajstić information content (AvgIpc) is 3.02. The van der Waals surface area contributed by atoms with Gasteiger partial charge in [-0.2, -0.15) is 5.10 Å². The maximum absolute atomic E-state index is 14.1. The van der Waals surface area contributed by atoms with Crippen LogP contribution in [-0.4, -0.2) is 22.8 Å². The summed E-state index contributed by atoms with van der Waals surface area (Å²) < 4.78 is 47.4. The highest BCUT2D eigenvalue weighted by Crippen LogP contribution is 2.38. The van der Waals surface area contributed by atoms with Crippen molar-refractivity contribution >= 4 is 33.3 Å². The summed E-state index contributed by atoms with van der Waals surface area (Å²) in [5.41, 5.74) is 0.708. The molecule has 1 saturated heterocycles. The fourth-order valence-corrected chi connectivity index (χ4v) is 3.86. The van der Waals surface area contributed by atoms with Gasteiger partial charge in [-0.1, -0.05) is 17.7 Å². The SMILES string of the molecule is Fc1ccc2cc3c(cnn3C3CCCCO3)c(Cl)c2c1CC(F)F. The van der Waals surface area contributed by atoms with Crippen molar-refractivity contribution in [3.63, 3.8) is 0 Å². The molecule has 1 unspecified atom stereocenters. The molecule has 0 amide bonds. The van der Waals surface area contributed by atoms with Gasteiger partial charge in [0.2, 0.25) is 6.43 Å². The Kier molecular flexibility index (Phi) is 4.33. The fourth-order valence-electron chi connectivity index (χ4n) is 3.49. The summed E-state index contributed by atoms with van der Waals surface area (Å²) in [5, 5.41) is 6.20. The fraction of sp³-hybridized carbons (Fsp3) is 0.389. The predicted molar refractivity (Wildman–Crippen MR) is 90.8 cm³/mol. The molecule has 1 aliphatic heterocycles. The second kappa shape index (κ2) is 6.50. The van der Waals surface area contributed by atoms with Gasteiger partial charge in [0.1, 0.15) is 5.82 Å². The van der Waals surface area contributed by atoms with E-state index in [0.717, 1.165) is 24.8 Å². The Bertz CT molecular complexity index is 935. The van der Waals surface area contributed by atoms with E-state index in [1.807, 2.05) is 6.07 Å². The van der Waals surface area contributed by atoms with Crippen molar-refractivity contribution in [2.75, 3.05) is 6.61 Å². The quantitative estimate of drug-likeness (QED) is 0.611. The molecule has 0 N–H and O–H groups in total. The van der Waals surface area contributed by atoms with Crippen molar-refractivity contribution in [2.45, 2.75) is 38.3 Å². The number of hydrogen-bond acceptors (Lipinski definition) is 2. The molecule has 0 radical (unpaired) electrons. The van der Waals surface area contributed by atoms with E-state index in [1.165, 1.54) is 6.07 Å². The molecule has 7 heteroatoms. The van der Waals surface area contributed by atoms with Crippen LogP contribution in [0.4, 0.5) is 13.2 Å². The van der Waals surface area contributed by atoms with Crippen LogP contribution in [0.1, 0.15) is 31.1 Å². The third-order valence-corrected chi connectivity index (χ3v) is 5.05. The maximum atomic E-state index is 14.1. The zero-order chi connectivity index (χ0) is 17.6. The molecule has 132 valence electrons. The van der Waals surface area contributed by atoms with Crippen LogP contribution in [0.25, 0.3) is 21.7 Å². The minimum Gasteiger partial charge on any atom is -0.356 e. The van der Waals surface area contributed by atoms with Crippen LogP contribution >= 0.6 is 11.6 Å². The van der Waals surface area contributed by atoms with Gasteiger partial charge in [0.25, 0.3) is 0 Å². The van der Waals surface area contributed by atoms with Gasteiger partial charge in [0.05, 0.1) is 16.7 Å². The molecule has 1 aliphatic rings. The lowest BCUT2D eigenvalue weighted by Gasteiger charge is -2.23. The van der Waals surface area contributed by atoms with Crippen LogP contribution in [0.3, 0.4) is 0 Å². The second-order valence-electron chi connectivity index (χ2n) is 6.25. The Morgan fingerprint density at radius 3 is 2.88 bits per heavy atom. The number of hydrogen-bond donors (Lipinski definition) is 0. The molecule has 1 aromatic heterocycles. The first-order valence-electron chi connectivity index (χ1n) is 8.23. The van der Waals surface area contributed by atoms with Crippen LogP contribution in [0.5, 0.6) is 0 Å². The van der Waals surface area contributed by atoms with Crippen LogP contribution in [-0.2, 0) is 11.2 Å². The summed E-state index contributed by atoms with van der Waals surface area (Å²) >= 11 is 6.48. The molecule has 1 atom stereocenters. The molecule has 3 nitrogen and oxygen atoms in total. The minimum atomic E-state index is -2.65. The first kappa shape index (κ1) is 16.7. The Hall–Kier alpha value is -1.79. The third-order valence-electron chi connectivity index (χ3n) is 4.66. The Morgan fingerprint density at radius 1 is 1.32 bits per heavy atom. The molecular formula is C18H16ClF3N2O. The summed E-state index contributed by atoms with van der Waals surface area (Å²) in [5.74, 6) is -0.669. The summed E-state index contributed by atoms with van der Waals surface area (Å²) in [6.45, 7) is 0.678. The molecule has 1 fully saturated rings. The Labute approximate surface area is 147 Å². The molecule has 0 bridgehead atoms. The maximum Gasteiger partial charge on any atom is 0.242 e. The highest BCUT2D eigenvalue weighted by Gasteiger charge is 2.22. The standard InChI is InChI=1S/C18H16ClF3N2O/c19-18-12-9-23-24(16-3-1-2-6-25-16)14(12)7-10-4-5-13(20)11(17(10)18)8-15(21)22/h4-5,7,9,15-16H,1-3,6,8H2. The topological polar surface area (TPSA) is 27.1 Å². The molecule has 4 rings (SSSR count). The molecule has 2 aromatic carbocycles. The van der Waals surface area contributed by atoms with Crippen LogP contribution in [0.15, 0.2) is 24.4 Å². The number of aromatic nitrogens is 2. The van der Waals surface area contributed by atoms with Crippen molar-refractivity contribution in [1.29, 1.82) is 0 Å². The summed E-state index contributed by atoms with van der Waals surface area (Å²) in [6, 6.07) is 4.58. The van der Waals surface area contributed by atoms with E-state index in [4.69, 9.17) is 16.3 Å². The number of alkyl halides is 2. The molecule has 0 saturated carbocycles. The lowest BCUT2D eigenvalue weighted by atomic mass is 9.99. The Balaban J connectivity index is 1.94. The first-order valence-corrected chi connectivity index (χ1v) is 8.60. The van der Waals surface area contributed by atoms with E-state index in [1.54, 1.807) is 16.9 Å². The van der Waals surface area contributed by atoms with Crippen molar-refractivity contribution in [3.8, 4) is 0 Å². The van der Waals surface area contributed by atoms with Crippen molar-refractivity contribution < 1.29 is 17.9 Å². The number of rotatable bonds is 3. The summed E-state index contributed by atoms with van der Waals surface area (Å²) in [4.78, 5) is 0. The van der Waals surface area contributed by atoms with E-state index >= 15 is 0 Å². The number of benzene rings is 2. The van der Waals surface area contributed by atoms with Gasteiger partial charge in [0, 0.05) is 29.4 Å². The molecule has 25 heavy (non-hydrogen) atoms. The van der Waals surface area contributed by atoms with Gasteiger partial charge in [-0.15, -0.1) is 0 Å². The average molecular weight is 369 g/mol. The van der Waals surface area contributed by atoms with Gasteiger partial charge in [-0.3, -0.25) is 0 Å². The number of halogens is 4. The lowest BCUT2D eigenvalue weighted by Crippen LogP contribution is -2.18. The second-order valence-corrected chi connectivity index (χ2v) is 6.63. The van der Waals surface area contributed by atoms with Crippen LogP contribution in [0, 0.1) is 5.82 Å². The number of fused-ring (bicyclic) bond motifs is 2. The Morgan fingerprint density at radius 2 is 2.16 bits per heavy atom. The molecular weight excluding hydrogens is 353 g/mol. The van der Waals surface area contributed by atoms with Gasteiger partial charge in [0.15, 0.2) is 6.23 Å². The summed E-state index contributed by atoms with van der Waals surface area (Å²) in [7, 11) is 0. The van der Waals surface area contributed by atoms with E-state index in [0.29, 0.717) is 22.8 Å².